The van der Waals surface area contributed by atoms with E-state index in [0.717, 1.165) is 11.6 Å². The van der Waals surface area contributed by atoms with E-state index in [1.807, 2.05) is 12.1 Å². The van der Waals surface area contributed by atoms with Crippen LogP contribution in [0.1, 0.15) is 5.56 Å². The van der Waals surface area contributed by atoms with E-state index in [-0.39, 0.29) is 0 Å². The molecule has 68 valence electrons. The standard InChI is InChI=1S/C10H11NOS/c1-12-9-4-2-8(3-5-9)10-6-13-7-11-10/h2-6,11H,7H2,1H3. The molecule has 1 N–H and O–H groups in total. The SMILES string of the molecule is COc1ccc(C2=CSCN2)cc1. The van der Waals surface area contributed by atoms with Crippen LogP contribution in [0.3, 0.4) is 0 Å². The van der Waals surface area contributed by atoms with E-state index >= 15 is 0 Å². The van der Waals surface area contributed by atoms with Crippen LogP contribution in [-0.2, 0) is 0 Å². The summed E-state index contributed by atoms with van der Waals surface area (Å²) in [4.78, 5) is 0. The zero-order valence-electron chi connectivity index (χ0n) is 7.41. The Morgan fingerprint density at radius 1 is 1.31 bits per heavy atom. The molecule has 0 aromatic heterocycles. The molecule has 0 saturated carbocycles. The molecule has 0 radical (unpaired) electrons. The zero-order chi connectivity index (χ0) is 9.10. The molecule has 0 fully saturated rings. The minimum absolute atomic E-state index is 0.898. The van der Waals surface area contributed by atoms with E-state index in [1.165, 1.54) is 11.3 Å². The highest BCUT2D eigenvalue weighted by atomic mass is 32.2. The van der Waals surface area contributed by atoms with Gasteiger partial charge in [-0.05, 0) is 35.2 Å². The van der Waals surface area contributed by atoms with E-state index in [2.05, 4.69) is 22.9 Å². The summed E-state index contributed by atoms with van der Waals surface area (Å²) in [6.45, 7) is 0. The van der Waals surface area contributed by atoms with E-state index in [4.69, 9.17) is 4.74 Å². The minimum Gasteiger partial charge on any atom is -0.497 e. The van der Waals surface area contributed by atoms with Crippen LogP contribution in [0.15, 0.2) is 29.7 Å². The third kappa shape index (κ3) is 1.80. The average Bonchev–Trinajstić information content (AvgIpc) is 2.71. The molecule has 1 aromatic rings. The predicted molar refractivity (Wildman–Crippen MR) is 56.6 cm³/mol. The third-order valence-electron chi connectivity index (χ3n) is 1.95. The lowest BCUT2D eigenvalue weighted by atomic mass is 10.2. The first-order valence-corrected chi connectivity index (χ1v) is 5.15. The molecule has 0 atom stereocenters. The van der Waals surface area contributed by atoms with Crippen LogP contribution in [0.2, 0.25) is 0 Å². The van der Waals surface area contributed by atoms with Crippen molar-refractivity contribution >= 4 is 17.5 Å². The van der Waals surface area contributed by atoms with Gasteiger partial charge < -0.3 is 10.1 Å². The molecular weight excluding hydrogens is 182 g/mol. The molecule has 0 unspecified atom stereocenters. The van der Waals surface area contributed by atoms with Crippen molar-refractivity contribution in [3.63, 3.8) is 0 Å². The molecule has 0 amide bonds. The fourth-order valence-corrected chi connectivity index (χ4v) is 1.94. The van der Waals surface area contributed by atoms with Crippen molar-refractivity contribution in [2.24, 2.45) is 0 Å². The molecule has 2 rings (SSSR count). The fraction of sp³-hybridized carbons (Fsp3) is 0.200. The second-order valence-electron chi connectivity index (χ2n) is 2.75. The number of ether oxygens (including phenoxy) is 1. The summed E-state index contributed by atoms with van der Waals surface area (Å²) in [7, 11) is 1.68. The lowest BCUT2D eigenvalue weighted by Crippen LogP contribution is -2.04. The van der Waals surface area contributed by atoms with E-state index < -0.39 is 0 Å². The molecule has 2 nitrogen and oxygen atoms in total. The number of hydrogen-bond acceptors (Lipinski definition) is 3. The first kappa shape index (κ1) is 8.51. The Balaban J connectivity index is 2.22. The van der Waals surface area contributed by atoms with Crippen LogP contribution in [0.4, 0.5) is 0 Å². The Kier molecular flexibility index (Phi) is 2.45. The molecule has 1 aliphatic rings. The van der Waals surface area contributed by atoms with Gasteiger partial charge in [-0.25, -0.2) is 0 Å². The van der Waals surface area contributed by atoms with Crippen molar-refractivity contribution in [1.82, 2.24) is 5.32 Å². The first-order valence-electron chi connectivity index (χ1n) is 4.10. The molecule has 3 heteroatoms. The van der Waals surface area contributed by atoms with Gasteiger partial charge in [0.1, 0.15) is 5.75 Å². The minimum atomic E-state index is 0.898. The normalized spacial score (nSPS) is 15.0. The van der Waals surface area contributed by atoms with Crippen molar-refractivity contribution in [2.45, 2.75) is 0 Å². The second-order valence-corrected chi connectivity index (χ2v) is 3.61. The molecule has 1 aromatic carbocycles. The highest BCUT2D eigenvalue weighted by Gasteiger charge is 2.05. The fourth-order valence-electron chi connectivity index (χ4n) is 1.23. The maximum absolute atomic E-state index is 5.09. The Hall–Kier alpha value is -1.09. The van der Waals surface area contributed by atoms with Crippen molar-refractivity contribution in [2.75, 3.05) is 13.0 Å². The largest absolute Gasteiger partial charge is 0.497 e. The Morgan fingerprint density at radius 2 is 2.08 bits per heavy atom. The smallest absolute Gasteiger partial charge is 0.118 e. The number of thioether (sulfide) groups is 1. The molecular formula is C10H11NOS. The monoisotopic (exact) mass is 193 g/mol. The van der Waals surface area contributed by atoms with Crippen LogP contribution in [0.5, 0.6) is 5.75 Å². The van der Waals surface area contributed by atoms with Crippen LogP contribution < -0.4 is 10.1 Å². The molecule has 0 spiro atoms. The second kappa shape index (κ2) is 3.75. The van der Waals surface area contributed by atoms with Gasteiger partial charge in [0, 0.05) is 5.70 Å². The van der Waals surface area contributed by atoms with Gasteiger partial charge in [0.25, 0.3) is 0 Å². The van der Waals surface area contributed by atoms with Crippen molar-refractivity contribution in [3.8, 4) is 5.75 Å². The summed E-state index contributed by atoms with van der Waals surface area (Å²) in [5, 5.41) is 5.43. The Morgan fingerprint density at radius 3 is 2.62 bits per heavy atom. The molecule has 13 heavy (non-hydrogen) atoms. The van der Waals surface area contributed by atoms with Crippen LogP contribution in [0.25, 0.3) is 5.70 Å². The van der Waals surface area contributed by atoms with Gasteiger partial charge in [0.15, 0.2) is 0 Å². The summed E-state index contributed by atoms with van der Waals surface area (Å²) < 4.78 is 5.09. The molecule has 1 aliphatic heterocycles. The van der Waals surface area contributed by atoms with Crippen molar-refractivity contribution in [3.05, 3.63) is 35.2 Å². The molecule has 0 aliphatic carbocycles. The number of rotatable bonds is 2. The van der Waals surface area contributed by atoms with Crippen LogP contribution >= 0.6 is 11.8 Å². The van der Waals surface area contributed by atoms with E-state index in [0.29, 0.717) is 0 Å². The molecule has 0 bridgehead atoms. The highest BCUT2D eigenvalue weighted by Crippen LogP contribution is 2.23. The lowest BCUT2D eigenvalue weighted by molar-refractivity contribution is 0.415. The van der Waals surface area contributed by atoms with Gasteiger partial charge in [-0.2, -0.15) is 0 Å². The van der Waals surface area contributed by atoms with Gasteiger partial charge in [-0.3, -0.25) is 0 Å². The van der Waals surface area contributed by atoms with Crippen molar-refractivity contribution in [1.29, 1.82) is 0 Å². The quantitative estimate of drug-likeness (QED) is 0.778. The maximum Gasteiger partial charge on any atom is 0.118 e. The summed E-state index contributed by atoms with van der Waals surface area (Å²) in [6, 6.07) is 8.06. The topological polar surface area (TPSA) is 21.3 Å². The summed E-state index contributed by atoms with van der Waals surface area (Å²) in [6.07, 6.45) is 0. The number of methoxy groups -OCH3 is 1. The number of benzene rings is 1. The van der Waals surface area contributed by atoms with Gasteiger partial charge in [-0.1, -0.05) is 0 Å². The van der Waals surface area contributed by atoms with Gasteiger partial charge in [-0.15, -0.1) is 11.8 Å². The maximum atomic E-state index is 5.09. The van der Waals surface area contributed by atoms with Gasteiger partial charge in [0.2, 0.25) is 0 Å². The molecule has 1 heterocycles. The van der Waals surface area contributed by atoms with Crippen LogP contribution in [-0.4, -0.2) is 13.0 Å². The van der Waals surface area contributed by atoms with Gasteiger partial charge >= 0.3 is 0 Å². The number of hydrogen-bond donors (Lipinski definition) is 1. The third-order valence-corrected chi connectivity index (χ3v) is 2.66. The average molecular weight is 193 g/mol. The summed E-state index contributed by atoms with van der Waals surface area (Å²) >= 11 is 1.78. The van der Waals surface area contributed by atoms with E-state index in [9.17, 15) is 0 Å². The predicted octanol–water partition coefficient (Wildman–Crippen LogP) is 2.29. The zero-order valence-corrected chi connectivity index (χ0v) is 8.23. The lowest BCUT2D eigenvalue weighted by Gasteiger charge is -2.04. The first-order chi connectivity index (χ1) is 6.40. The van der Waals surface area contributed by atoms with Gasteiger partial charge in [0.05, 0.1) is 13.0 Å². The summed E-state index contributed by atoms with van der Waals surface area (Å²) in [5.41, 5.74) is 2.42. The Labute approximate surface area is 82.0 Å². The summed E-state index contributed by atoms with van der Waals surface area (Å²) in [5.74, 6) is 1.87. The van der Waals surface area contributed by atoms with Crippen LogP contribution in [0, 0.1) is 0 Å². The van der Waals surface area contributed by atoms with Crippen molar-refractivity contribution < 1.29 is 4.74 Å². The number of nitrogens with one attached hydrogen (secondary N) is 1. The van der Waals surface area contributed by atoms with E-state index in [1.54, 1.807) is 18.9 Å². The molecule has 0 saturated heterocycles. The Bertz CT molecular complexity index is 318. The highest BCUT2D eigenvalue weighted by molar-refractivity contribution is 8.02.